The van der Waals surface area contributed by atoms with Gasteiger partial charge >= 0.3 is 6.18 Å². The van der Waals surface area contributed by atoms with Crippen LogP contribution in [0.1, 0.15) is 35.4 Å². The van der Waals surface area contributed by atoms with E-state index in [-0.39, 0.29) is 22.6 Å². The van der Waals surface area contributed by atoms with Crippen LogP contribution in [0.5, 0.6) is 0 Å². The Labute approximate surface area is 174 Å². The second-order valence-electron chi connectivity index (χ2n) is 6.13. The Morgan fingerprint density at radius 2 is 1.87 bits per heavy atom. The molecular weight excluding hydrogens is 425 g/mol. The smallest absolute Gasteiger partial charge is 0.433 e. The van der Waals surface area contributed by atoms with Crippen molar-refractivity contribution in [1.29, 1.82) is 0 Å². The molecule has 8 N–H and O–H groups in total. The maximum absolute atomic E-state index is 12.6. The molecule has 168 valence electrons. The topological polar surface area (TPSA) is 173 Å². The van der Waals surface area contributed by atoms with Crippen molar-refractivity contribution in [3.05, 3.63) is 33.6 Å². The van der Waals surface area contributed by atoms with Crippen LogP contribution in [-0.4, -0.2) is 34.7 Å². The number of nitrogens with zero attached hydrogens (tertiary/aromatic N) is 2. The molecule has 2 aliphatic rings. The number of hydrogen-bond donors (Lipinski definition) is 4. The molecule has 0 aromatic carbocycles. The molecule has 0 fully saturated rings. The van der Waals surface area contributed by atoms with Gasteiger partial charge in [-0.1, -0.05) is 0 Å². The Balaban J connectivity index is 0.000000271. The van der Waals surface area contributed by atoms with E-state index in [4.69, 9.17) is 26.1 Å². The average Bonchev–Trinajstić information content (AvgIpc) is 3.15. The number of primary amides is 1. The lowest BCUT2D eigenvalue weighted by atomic mass is 10.1. The number of aryl methyl sites for hydroxylation is 1. The number of carbonyl (C=O) groups is 1. The molecule has 3 rings (SSSR count). The summed E-state index contributed by atoms with van der Waals surface area (Å²) in [6.45, 7) is 2.63. The van der Waals surface area contributed by atoms with Crippen LogP contribution < -0.4 is 22.3 Å². The maximum atomic E-state index is 12.6. The largest absolute Gasteiger partial charge is 0.477 e. The number of nitrogen functional groups attached to an aromatic ring is 1. The van der Waals surface area contributed by atoms with E-state index in [0.717, 1.165) is 24.8 Å². The molecule has 30 heavy (non-hydrogen) atoms. The van der Waals surface area contributed by atoms with E-state index in [1.165, 1.54) is 13.1 Å². The number of hydrogen-bond acceptors (Lipinski definition) is 7. The predicted octanol–water partition coefficient (Wildman–Crippen LogP) is 0.809. The van der Waals surface area contributed by atoms with Crippen LogP contribution in [-0.2, 0) is 39.5 Å². The van der Waals surface area contributed by atoms with Gasteiger partial charge in [-0.3, -0.25) is 9.79 Å². The van der Waals surface area contributed by atoms with Gasteiger partial charge in [0, 0.05) is 36.1 Å². The summed E-state index contributed by atoms with van der Waals surface area (Å²) in [6.07, 6.45) is 0.0674. The summed E-state index contributed by atoms with van der Waals surface area (Å²) >= 11 is 0. The first kappa shape index (κ1) is 25.4. The molecule has 1 aliphatic heterocycles. The Morgan fingerprint density at radius 3 is 2.33 bits per heavy atom. The van der Waals surface area contributed by atoms with Gasteiger partial charge in [-0.2, -0.15) is 13.2 Å². The highest BCUT2D eigenvalue weighted by molar-refractivity contribution is 7.87. The highest BCUT2D eigenvalue weighted by Crippen LogP contribution is 2.37. The minimum Gasteiger partial charge on any atom is -0.477 e. The van der Waals surface area contributed by atoms with Crippen LogP contribution in [0.3, 0.4) is 0 Å². The third-order valence-electron chi connectivity index (χ3n) is 4.16. The highest BCUT2D eigenvalue weighted by Gasteiger charge is 2.37. The third kappa shape index (κ3) is 6.69. The van der Waals surface area contributed by atoms with E-state index in [2.05, 4.69) is 15.7 Å². The lowest BCUT2D eigenvalue weighted by Gasteiger charge is -2.14. The number of amides is 1. The average molecular weight is 450 g/mol. The quantitative estimate of drug-likeness (QED) is 0.485. The van der Waals surface area contributed by atoms with Crippen molar-refractivity contribution in [3.8, 4) is 0 Å². The number of ether oxygens (including phenoxy) is 1. The first-order valence-electron chi connectivity index (χ1n) is 8.84. The normalized spacial score (nSPS) is 16.6. The van der Waals surface area contributed by atoms with Crippen molar-refractivity contribution in [3.63, 3.8) is 0 Å². The first-order chi connectivity index (χ1) is 14.1. The lowest BCUT2D eigenvalue weighted by molar-refractivity contribution is -0.141. The number of anilines is 1. The number of nitrogens with two attached hydrogens (primary N) is 4. The molecule has 0 saturated heterocycles. The van der Waals surface area contributed by atoms with E-state index in [9.17, 15) is 17.4 Å². The van der Waals surface area contributed by atoms with Crippen LogP contribution in [0.15, 0.2) is 16.1 Å². The van der Waals surface area contributed by atoms with Crippen LogP contribution in [0, 0.1) is 6.92 Å². The van der Waals surface area contributed by atoms with E-state index in [0.29, 0.717) is 31.2 Å². The molecule has 1 aliphatic carbocycles. The number of halogens is 3. The fraction of sp³-hybridized carbons (Fsp3) is 0.471. The van der Waals surface area contributed by atoms with Crippen molar-refractivity contribution in [2.24, 2.45) is 21.6 Å². The van der Waals surface area contributed by atoms with Gasteiger partial charge in [-0.25, -0.2) is 14.3 Å². The number of alkyl halides is 3. The van der Waals surface area contributed by atoms with Crippen LogP contribution in [0.2, 0.25) is 0 Å². The van der Waals surface area contributed by atoms with Gasteiger partial charge in [0.2, 0.25) is 12.3 Å². The predicted molar refractivity (Wildman–Crippen MR) is 108 cm³/mol. The lowest BCUT2D eigenvalue weighted by Crippen LogP contribution is -2.22. The second-order valence-corrected chi connectivity index (χ2v) is 7.16. The molecular formula is C17H25F3N6O3S. The highest BCUT2D eigenvalue weighted by atomic mass is 32.2. The maximum Gasteiger partial charge on any atom is 0.433 e. The zero-order valence-corrected chi connectivity index (χ0v) is 17.2. The summed E-state index contributed by atoms with van der Waals surface area (Å²) in [6, 6.07) is 0. The number of pyridine rings is 1. The van der Waals surface area contributed by atoms with Gasteiger partial charge < -0.3 is 21.9 Å². The molecule has 0 bridgehead atoms. The van der Waals surface area contributed by atoms with Crippen molar-refractivity contribution in [2.75, 3.05) is 18.9 Å². The third-order valence-corrected chi connectivity index (χ3v) is 4.91. The molecule has 1 aromatic rings. The number of carbonyl (C=O) groups excluding carboxylic acids is 1. The standard InChI is InChI=1S/C10H11F3N2.C6H11N3O2S.CH3NO/c1-5-8(14)6-3-2-4-7(6)15-9(5)10(11,12)13;7-4-5(12(8)10)6-9-2-1-3-11-6;2-1-3/h2-4H2,1H3,(H2,14,15);4H,1-3,7-8H2;1H,(H2,2,3)/b;5-4+;. The molecule has 1 amide bonds. The fourth-order valence-corrected chi connectivity index (χ4v) is 3.25. The Bertz CT molecular complexity index is 843. The number of fused-ring (bicyclic) bond motifs is 1. The molecule has 0 radical (unpaired) electrons. The van der Waals surface area contributed by atoms with Gasteiger partial charge in [-0.15, -0.1) is 0 Å². The van der Waals surface area contributed by atoms with E-state index < -0.39 is 22.9 Å². The summed E-state index contributed by atoms with van der Waals surface area (Å²) in [5.41, 5.74) is 15.9. The van der Waals surface area contributed by atoms with Gasteiger partial charge in [-0.05, 0) is 31.7 Å². The first-order valence-corrected chi connectivity index (χ1v) is 10.1. The Morgan fingerprint density at radius 1 is 1.23 bits per heavy atom. The van der Waals surface area contributed by atoms with Crippen LogP contribution >= 0.6 is 0 Å². The van der Waals surface area contributed by atoms with E-state index in [1.54, 1.807) is 0 Å². The SMILES string of the molecule is Cc1c(C(F)(F)F)nc2c(c1N)CCC2.N/C=C(\C1=NCCCO1)S(N)=O.NC=O. The molecule has 0 saturated carbocycles. The second kappa shape index (κ2) is 11.5. The van der Waals surface area contributed by atoms with E-state index >= 15 is 0 Å². The minimum absolute atomic E-state index is 0.0585. The van der Waals surface area contributed by atoms with Crippen LogP contribution in [0.25, 0.3) is 0 Å². The molecule has 1 atom stereocenters. The van der Waals surface area contributed by atoms with Gasteiger partial charge in [0.25, 0.3) is 0 Å². The van der Waals surface area contributed by atoms with Gasteiger partial charge in [0.1, 0.15) is 21.6 Å². The number of aromatic nitrogens is 1. The molecule has 2 heterocycles. The fourth-order valence-electron chi connectivity index (χ4n) is 2.82. The molecule has 0 spiro atoms. The molecule has 13 heteroatoms. The number of rotatable bonds is 2. The Hall–Kier alpha value is -2.67. The molecule has 1 unspecified atom stereocenters. The van der Waals surface area contributed by atoms with Crippen molar-refractivity contribution < 1.29 is 26.9 Å². The summed E-state index contributed by atoms with van der Waals surface area (Å²) in [5, 5.41) is 5.14. The summed E-state index contributed by atoms with van der Waals surface area (Å²) in [4.78, 5) is 16.5. The van der Waals surface area contributed by atoms with Crippen molar-refractivity contribution >= 4 is 29.0 Å². The summed E-state index contributed by atoms with van der Waals surface area (Å²) in [5.74, 6) is 0.310. The molecule has 1 aromatic heterocycles. The minimum atomic E-state index is -4.41. The van der Waals surface area contributed by atoms with E-state index in [1.807, 2.05) is 0 Å². The van der Waals surface area contributed by atoms with Crippen LogP contribution in [0.4, 0.5) is 18.9 Å². The summed E-state index contributed by atoms with van der Waals surface area (Å²) in [7, 11) is -1.62. The zero-order valence-electron chi connectivity index (χ0n) is 16.4. The van der Waals surface area contributed by atoms with Crippen molar-refractivity contribution in [2.45, 2.75) is 38.8 Å². The molecule has 9 nitrogen and oxygen atoms in total. The Kier molecular flexibility index (Phi) is 9.72. The number of aliphatic imine (C=N–C) groups is 1. The van der Waals surface area contributed by atoms with Crippen molar-refractivity contribution in [1.82, 2.24) is 4.98 Å². The summed E-state index contributed by atoms with van der Waals surface area (Å²) < 4.78 is 53.7. The van der Waals surface area contributed by atoms with Gasteiger partial charge in [0.05, 0.1) is 6.61 Å². The van der Waals surface area contributed by atoms with Gasteiger partial charge in [0.15, 0.2) is 0 Å². The monoisotopic (exact) mass is 450 g/mol. The zero-order chi connectivity index (χ0) is 22.9.